The maximum absolute atomic E-state index is 11.7. The molecule has 0 radical (unpaired) electrons. The van der Waals surface area contributed by atoms with Crippen molar-refractivity contribution in [2.75, 3.05) is 6.61 Å². The van der Waals surface area contributed by atoms with E-state index in [1.807, 2.05) is 0 Å². The molecule has 1 rings (SSSR count). The Bertz CT molecular complexity index is 347. The van der Waals surface area contributed by atoms with Gasteiger partial charge in [0, 0.05) is 13.2 Å². The number of nitrogens with one attached hydrogen (secondary N) is 1. The lowest BCUT2D eigenvalue weighted by Gasteiger charge is -2.17. The van der Waals surface area contributed by atoms with Gasteiger partial charge in [-0.2, -0.15) is 0 Å². The van der Waals surface area contributed by atoms with E-state index in [0.29, 0.717) is 11.6 Å². The summed E-state index contributed by atoms with van der Waals surface area (Å²) in [5.74, 6) is 0.196. The molecular weight excluding hydrogens is 206 g/mol. The molecule has 0 saturated carbocycles. The first-order valence-corrected chi connectivity index (χ1v) is 5.42. The molecule has 5 nitrogen and oxygen atoms in total. The summed E-state index contributed by atoms with van der Waals surface area (Å²) in [5, 5.41) is 11.9. The van der Waals surface area contributed by atoms with Crippen LogP contribution in [0.15, 0.2) is 12.5 Å². The third-order valence-electron chi connectivity index (χ3n) is 2.25. The van der Waals surface area contributed by atoms with E-state index in [4.69, 9.17) is 5.11 Å². The van der Waals surface area contributed by atoms with E-state index in [-0.39, 0.29) is 18.6 Å². The fourth-order valence-electron chi connectivity index (χ4n) is 1.54. The van der Waals surface area contributed by atoms with E-state index >= 15 is 0 Å². The van der Waals surface area contributed by atoms with Crippen LogP contribution in [0.2, 0.25) is 0 Å². The van der Waals surface area contributed by atoms with E-state index in [2.05, 4.69) is 24.1 Å². The van der Waals surface area contributed by atoms with Gasteiger partial charge in [0.15, 0.2) is 0 Å². The second kappa shape index (κ2) is 5.65. The van der Waals surface area contributed by atoms with Gasteiger partial charge < -0.3 is 15.0 Å². The highest BCUT2D eigenvalue weighted by molar-refractivity contribution is 5.92. The van der Waals surface area contributed by atoms with Gasteiger partial charge in [0.1, 0.15) is 5.69 Å². The maximum Gasteiger partial charge on any atom is 0.271 e. The number of imidazole rings is 1. The molecule has 0 aromatic carbocycles. The van der Waals surface area contributed by atoms with Crippen molar-refractivity contribution < 1.29 is 9.90 Å². The summed E-state index contributed by atoms with van der Waals surface area (Å²) in [4.78, 5) is 15.7. The van der Waals surface area contributed by atoms with Gasteiger partial charge in [-0.05, 0) is 12.3 Å². The molecule has 0 fully saturated rings. The first-order chi connectivity index (χ1) is 7.52. The molecular formula is C11H19N3O2. The highest BCUT2D eigenvalue weighted by atomic mass is 16.3. The molecule has 0 spiro atoms. The standard InChI is InChI=1S/C11H19N3O2/c1-8(2)4-9(6-15)13-11(16)10-5-14(3)7-12-10/h5,7-9,15H,4,6H2,1-3H3,(H,13,16). The molecule has 90 valence electrons. The first kappa shape index (κ1) is 12.7. The number of aromatic nitrogens is 2. The lowest BCUT2D eigenvalue weighted by Crippen LogP contribution is -2.38. The number of aliphatic hydroxyl groups excluding tert-OH is 1. The van der Waals surface area contributed by atoms with Crippen LogP contribution in [0.25, 0.3) is 0 Å². The molecule has 1 aromatic rings. The number of hydrogen-bond donors (Lipinski definition) is 2. The van der Waals surface area contributed by atoms with Crippen LogP contribution in [-0.4, -0.2) is 33.2 Å². The topological polar surface area (TPSA) is 67.2 Å². The van der Waals surface area contributed by atoms with Crippen molar-refractivity contribution in [3.05, 3.63) is 18.2 Å². The molecule has 1 heterocycles. The summed E-state index contributed by atoms with van der Waals surface area (Å²) < 4.78 is 1.71. The number of aryl methyl sites for hydroxylation is 1. The summed E-state index contributed by atoms with van der Waals surface area (Å²) in [6, 6.07) is -0.200. The van der Waals surface area contributed by atoms with E-state index in [1.54, 1.807) is 24.1 Å². The van der Waals surface area contributed by atoms with Crippen LogP contribution in [0.5, 0.6) is 0 Å². The molecule has 0 aliphatic heterocycles. The summed E-state index contributed by atoms with van der Waals surface area (Å²) >= 11 is 0. The summed E-state index contributed by atoms with van der Waals surface area (Å²) in [6.07, 6.45) is 3.99. The van der Waals surface area contributed by atoms with Crippen LogP contribution in [0.1, 0.15) is 30.8 Å². The number of rotatable bonds is 5. The van der Waals surface area contributed by atoms with Crippen LogP contribution in [-0.2, 0) is 7.05 Å². The van der Waals surface area contributed by atoms with Gasteiger partial charge in [0.2, 0.25) is 0 Å². The largest absolute Gasteiger partial charge is 0.394 e. The third-order valence-corrected chi connectivity index (χ3v) is 2.25. The molecule has 1 atom stereocenters. The quantitative estimate of drug-likeness (QED) is 0.769. The Hall–Kier alpha value is -1.36. The smallest absolute Gasteiger partial charge is 0.271 e. The lowest BCUT2D eigenvalue weighted by atomic mass is 10.0. The van der Waals surface area contributed by atoms with Crippen LogP contribution in [0.3, 0.4) is 0 Å². The van der Waals surface area contributed by atoms with Gasteiger partial charge in [-0.1, -0.05) is 13.8 Å². The van der Waals surface area contributed by atoms with Crippen LogP contribution < -0.4 is 5.32 Å². The van der Waals surface area contributed by atoms with Crippen molar-refractivity contribution in [3.8, 4) is 0 Å². The van der Waals surface area contributed by atoms with Crippen molar-refractivity contribution >= 4 is 5.91 Å². The number of carbonyl (C=O) groups excluding carboxylic acids is 1. The molecule has 0 saturated heterocycles. The highest BCUT2D eigenvalue weighted by Gasteiger charge is 2.15. The molecule has 5 heteroatoms. The average molecular weight is 225 g/mol. The Labute approximate surface area is 95.5 Å². The molecule has 0 aliphatic rings. The molecule has 2 N–H and O–H groups in total. The number of hydrogen-bond acceptors (Lipinski definition) is 3. The minimum atomic E-state index is -0.236. The molecule has 0 aliphatic carbocycles. The second-order valence-corrected chi connectivity index (χ2v) is 4.41. The van der Waals surface area contributed by atoms with E-state index in [1.165, 1.54) is 0 Å². The molecule has 0 bridgehead atoms. The highest BCUT2D eigenvalue weighted by Crippen LogP contribution is 2.05. The number of aliphatic hydroxyl groups is 1. The predicted molar refractivity (Wildman–Crippen MR) is 61.0 cm³/mol. The zero-order chi connectivity index (χ0) is 12.1. The average Bonchev–Trinajstić information content (AvgIpc) is 2.63. The summed E-state index contributed by atoms with van der Waals surface area (Å²) in [6.45, 7) is 4.06. The van der Waals surface area contributed by atoms with Crippen LogP contribution in [0.4, 0.5) is 0 Å². The van der Waals surface area contributed by atoms with Crippen LogP contribution >= 0.6 is 0 Å². The van der Waals surface area contributed by atoms with Crippen molar-refractivity contribution in [2.24, 2.45) is 13.0 Å². The number of nitrogens with zero attached hydrogens (tertiary/aromatic N) is 2. The Morgan fingerprint density at radius 3 is 2.75 bits per heavy atom. The molecule has 1 amide bonds. The number of amides is 1. The van der Waals surface area contributed by atoms with Crippen molar-refractivity contribution in [2.45, 2.75) is 26.3 Å². The van der Waals surface area contributed by atoms with Gasteiger partial charge in [-0.25, -0.2) is 4.98 Å². The summed E-state index contributed by atoms with van der Waals surface area (Å²) in [7, 11) is 1.81. The molecule has 1 unspecified atom stereocenters. The van der Waals surface area contributed by atoms with Gasteiger partial charge in [-0.15, -0.1) is 0 Å². The first-order valence-electron chi connectivity index (χ1n) is 5.42. The zero-order valence-electron chi connectivity index (χ0n) is 9.97. The Morgan fingerprint density at radius 1 is 1.62 bits per heavy atom. The van der Waals surface area contributed by atoms with Crippen molar-refractivity contribution in [1.29, 1.82) is 0 Å². The van der Waals surface area contributed by atoms with Crippen molar-refractivity contribution in [3.63, 3.8) is 0 Å². The lowest BCUT2D eigenvalue weighted by molar-refractivity contribution is 0.0903. The van der Waals surface area contributed by atoms with Gasteiger partial charge in [0.05, 0.1) is 19.0 Å². The third kappa shape index (κ3) is 3.66. The Balaban J connectivity index is 2.55. The zero-order valence-corrected chi connectivity index (χ0v) is 9.97. The number of carbonyl (C=O) groups is 1. The minimum Gasteiger partial charge on any atom is -0.394 e. The monoisotopic (exact) mass is 225 g/mol. The minimum absolute atomic E-state index is 0.0449. The van der Waals surface area contributed by atoms with E-state index < -0.39 is 0 Å². The normalized spacial score (nSPS) is 12.8. The van der Waals surface area contributed by atoms with Crippen LogP contribution in [0, 0.1) is 5.92 Å². The maximum atomic E-state index is 11.7. The fraction of sp³-hybridized carbons (Fsp3) is 0.636. The predicted octanol–water partition coefficient (Wildman–Crippen LogP) is 0.557. The van der Waals surface area contributed by atoms with E-state index in [0.717, 1.165) is 6.42 Å². The van der Waals surface area contributed by atoms with Gasteiger partial charge in [0.25, 0.3) is 5.91 Å². The second-order valence-electron chi connectivity index (χ2n) is 4.41. The Kier molecular flexibility index (Phi) is 4.49. The molecule has 16 heavy (non-hydrogen) atoms. The van der Waals surface area contributed by atoms with Crippen molar-refractivity contribution in [1.82, 2.24) is 14.9 Å². The Morgan fingerprint density at radius 2 is 2.31 bits per heavy atom. The molecule has 1 aromatic heterocycles. The fourth-order valence-corrected chi connectivity index (χ4v) is 1.54. The van der Waals surface area contributed by atoms with E-state index in [9.17, 15) is 4.79 Å². The SMILES string of the molecule is CC(C)CC(CO)NC(=O)c1cn(C)cn1. The van der Waals surface area contributed by atoms with Gasteiger partial charge >= 0.3 is 0 Å². The summed E-state index contributed by atoms with van der Waals surface area (Å²) in [5.41, 5.74) is 0.379. The van der Waals surface area contributed by atoms with Gasteiger partial charge in [-0.3, -0.25) is 4.79 Å².